The second-order valence-electron chi connectivity index (χ2n) is 7.97. The van der Waals surface area contributed by atoms with Crippen LogP contribution < -0.4 is 15.0 Å². The average molecular weight is 498 g/mol. The summed E-state index contributed by atoms with van der Waals surface area (Å²) in [6, 6.07) is 16.2. The van der Waals surface area contributed by atoms with E-state index in [-0.39, 0.29) is 17.2 Å². The highest BCUT2D eigenvalue weighted by atomic mass is 32.2. The average Bonchev–Trinajstić information content (AvgIpc) is 2.81. The normalized spacial score (nSPS) is 11.4. The van der Waals surface area contributed by atoms with Crippen LogP contribution >= 0.6 is 0 Å². The van der Waals surface area contributed by atoms with E-state index in [9.17, 15) is 18.5 Å². The number of nitro groups is 1. The second kappa shape index (κ2) is 11.0. The molecule has 0 spiro atoms. The molecule has 3 N–H and O–H groups in total. The number of nitro benzene ring substituents is 1. The van der Waals surface area contributed by atoms with E-state index in [1.54, 1.807) is 19.1 Å². The molecule has 3 aromatic carbocycles. The SMILES string of the molecule is Cc1ccc(NS(=O)(=O)c2ccc(N/N=C\c3ccc(N(C)CCO)cc3)c([N+](=O)[O-])c2)c(C)c1. The van der Waals surface area contributed by atoms with Crippen molar-refractivity contribution in [3.05, 3.63) is 87.5 Å². The Bertz CT molecular complexity index is 1340. The predicted molar refractivity (Wildman–Crippen MR) is 138 cm³/mol. The zero-order valence-corrected chi connectivity index (χ0v) is 20.4. The fraction of sp³-hybridized carbons (Fsp3) is 0.208. The van der Waals surface area contributed by atoms with Gasteiger partial charge in [0.2, 0.25) is 0 Å². The van der Waals surface area contributed by atoms with E-state index < -0.39 is 20.6 Å². The van der Waals surface area contributed by atoms with Gasteiger partial charge in [-0.2, -0.15) is 5.10 Å². The molecule has 0 heterocycles. The van der Waals surface area contributed by atoms with Gasteiger partial charge in [-0.05, 0) is 55.3 Å². The summed E-state index contributed by atoms with van der Waals surface area (Å²) >= 11 is 0. The lowest BCUT2D eigenvalue weighted by atomic mass is 10.1. The maximum absolute atomic E-state index is 12.8. The molecular formula is C24H27N5O5S. The molecule has 0 aliphatic heterocycles. The van der Waals surface area contributed by atoms with Gasteiger partial charge in [0.1, 0.15) is 5.69 Å². The lowest BCUT2D eigenvalue weighted by Gasteiger charge is -2.17. The molecule has 0 amide bonds. The molecular weight excluding hydrogens is 470 g/mol. The highest BCUT2D eigenvalue weighted by Gasteiger charge is 2.22. The number of aliphatic hydroxyl groups is 1. The van der Waals surface area contributed by atoms with Crippen LogP contribution in [-0.4, -0.2) is 44.9 Å². The molecule has 0 saturated heterocycles. The number of sulfonamides is 1. The molecule has 0 radical (unpaired) electrons. The molecule has 10 nitrogen and oxygen atoms in total. The number of aliphatic hydroxyl groups excluding tert-OH is 1. The van der Waals surface area contributed by atoms with E-state index in [2.05, 4.69) is 15.2 Å². The van der Waals surface area contributed by atoms with Gasteiger partial charge >= 0.3 is 0 Å². The number of nitrogens with zero attached hydrogens (tertiary/aromatic N) is 3. The quantitative estimate of drug-likeness (QED) is 0.219. The summed E-state index contributed by atoms with van der Waals surface area (Å²) < 4.78 is 28.2. The van der Waals surface area contributed by atoms with Gasteiger partial charge in [0.15, 0.2) is 0 Å². The number of hydrogen-bond donors (Lipinski definition) is 3. The number of nitrogens with one attached hydrogen (secondary N) is 2. The molecule has 0 aliphatic carbocycles. The van der Waals surface area contributed by atoms with Crippen molar-refractivity contribution in [1.82, 2.24) is 0 Å². The van der Waals surface area contributed by atoms with Gasteiger partial charge in [0.25, 0.3) is 15.7 Å². The van der Waals surface area contributed by atoms with Gasteiger partial charge in [0, 0.05) is 25.3 Å². The van der Waals surface area contributed by atoms with Crippen LogP contribution in [0.1, 0.15) is 16.7 Å². The smallest absolute Gasteiger partial charge is 0.295 e. The van der Waals surface area contributed by atoms with Crippen molar-refractivity contribution >= 4 is 39.0 Å². The Morgan fingerprint density at radius 2 is 1.74 bits per heavy atom. The number of rotatable bonds is 10. The Morgan fingerprint density at radius 3 is 2.37 bits per heavy atom. The Labute approximate surface area is 204 Å². The van der Waals surface area contributed by atoms with Crippen LogP contribution in [0, 0.1) is 24.0 Å². The Kier molecular flexibility index (Phi) is 8.05. The molecule has 184 valence electrons. The molecule has 0 aromatic heterocycles. The van der Waals surface area contributed by atoms with Gasteiger partial charge in [0.05, 0.1) is 28.3 Å². The number of hydrazone groups is 1. The fourth-order valence-corrected chi connectivity index (χ4v) is 4.48. The highest BCUT2D eigenvalue weighted by Crippen LogP contribution is 2.29. The molecule has 3 aromatic rings. The highest BCUT2D eigenvalue weighted by molar-refractivity contribution is 7.92. The lowest BCUT2D eigenvalue weighted by Crippen LogP contribution is -2.20. The molecule has 3 rings (SSSR count). The third-order valence-electron chi connectivity index (χ3n) is 5.27. The van der Waals surface area contributed by atoms with Crippen LogP contribution in [0.4, 0.5) is 22.7 Å². The topological polar surface area (TPSA) is 137 Å². The van der Waals surface area contributed by atoms with Gasteiger partial charge in [-0.25, -0.2) is 8.42 Å². The minimum Gasteiger partial charge on any atom is -0.395 e. The number of likely N-dealkylation sites (N-methyl/N-ethyl adjacent to an activating group) is 1. The summed E-state index contributed by atoms with van der Waals surface area (Å²) in [6.07, 6.45) is 1.49. The van der Waals surface area contributed by atoms with Crippen LogP contribution in [0.15, 0.2) is 70.7 Å². The van der Waals surface area contributed by atoms with E-state index in [4.69, 9.17) is 5.11 Å². The maximum Gasteiger partial charge on any atom is 0.295 e. The van der Waals surface area contributed by atoms with Crippen molar-refractivity contribution in [1.29, 1.82) is 0 Å². The van der Waals surface area contributed by atoms with Crippen molar-refractivity contribution in [2.75, 3.05) is 35.2 Å². The van der Waals surface area contributed by atoms with Crippen molar-refractivity contribution < 1.29 is 18.4 Å². The number of hydrogen-bond acceptors (Lipinski definition) is 8. The van der Waals surface area contributed by atoms with Gasteiger partial charge in [-0.15, -0.1) is 0 Å². The number of aryl methyl sites for hydroxylation is 2. The molecule has 0 saturated carbocycles. The molecule has 0 bridgehead atoms. The summed E-state index contributed by atoms with van der Waals surface area (Å²) in [5.41, 5.74) is 6.04. The monoisotopic (exact) mass is 497 g/mol. The summed E-state index contributed by atoms with van der Waals surface area (Å²) in [6.45, 7) is 4.23. The minimum absolute atomic E-state index is 0.0458. The summed E-state index contributed by atoms with van der Waals surface area (Å²) in [5.74, 6) is 0. The molecule has 11 heteroatoms. The van der Waals surface area contributed by atoms with Gasteiger partial charge < -0.3 is 10.0 Å². The van der Waals surface area contributed by atoms with E-state index in [0.717, 1.165) is 28.4 Å². The van der Waals surface area contributed by atoms with Crippen LogP contribution in [0.25, 0.3) is 0 Å². The first-order valence-electron chi connectivity index (χ1n) is 10.7. The van der Waals surface area contributed by atoms with E-state index in [1.807, 2.05) is 49.2 Å². The van der Waals surface area contributed by atoms with Crippen LogP contribution in [0.3, 0.4) is 0 Å². The molecule has 0 atom stereocenters. The van der Waals surface area contributed by atoms with Crippen molar-refractivity contribution in [2.45, 2.75) is 18.7 Å². The lowest BCUT2D eigenvalue weighted by molar-refractivity contribution is -0.384. The first kappa shape index (κ1) is 25.7. The third-order valence-corrected chi connectivity index (χ3v) is 6.63. The Morgan fingerprint density at radius 1 is 1.06 bits per heavy atom. The maximum atomic E-state index is 12.8. The van der Waals surface area contributed by atoms with Crippen molar-refractivity contribution in [2.24, 2.45) is 5.10 Å². The van der Waals surface area contributed by atoms with E-state index >= 15 is 0 Å². The zero-order valence-electron chi connectivity index (χ0n) is 19.6. The van der Waals surface area contributed by atoms with Crippen LogP contribution in [0.5, 0.6) is 0 Å². The van der Waals surface area contributed by atoms with Gasteiger partial charge in [-0.3, -0.25) is 20.3 Å². The second-order valence-corrected chi connectivity index (χ2v) is 9.65. The van der Waals surface area contributed by atoms with Crippen molar-refractivity contribution in [3.63, 3.8) is 0 Å². The predicted octanol–water partition coefficient (Wildman–Crippen LogP) is 3.89. The van der Waals surface area contributed by atoms with E-state index in [1.165, 1.54) is 18.3 Å². The summed E-state index contributed by atoms with van der Waals surface area (Å²) in [4.78, 5) is 12.6. The number of anilines is 3. The van der Waals surface area contributed by atoms with Gasteiger partial charge in [-0.1, -0.05) is 29.8 Å². The van der Waals surface area contributed by atoms with Crippen LogP contribution in [-0.2, 0) is 10.0 Å². The molecule has 35 heavy (non-hydrogen) atoms. The first-order chi connectivity index (χ1) is 16.6. The van der Waals surface area contributed by atoms with Crippen LogP contribution in [0.2, 0.25) is 0 Å². The zero-order chi connectivity index (χ0) is 25.6. The summed E-state index contributed by atoms with van der Waals surface area (Å²) in [7, 11) is -2.18. The summed E-state index contributed by atoms with van der Waals surface area (Å²) in [5, 5.41) is 24.7. The number of benzene rings is 3. The largest absolute Gasteiger partial charge is 0.395 e. The minimum atomic E-state index is -4.04. The Balaban J connectivity index is 1.77. The van der Waals surface area contributed by atoms with E-state index in [0.29, 0.717) is 12.2 Å². The van der Waals surface area contributed by atoms with Crippen molar-refractivity contribution in [3.8, 4) is 0 Å². The fourth-order valence-electron chi connectivity index (χ4n) is 3.33. The third kappa shape index (κ3) is 6.55. The molecule has 0 unspecified atom stereocenters. The molecule has 0 fully saturated rings. The molecule has 0 aliphatic rings. The first-order valence-corrected chi connectivity index (χ1v) is 12.2. The Hall–Kier alpha value is -3.96. The standard InChI is InChI=1S/C24H27N5O5S/c1-17-4-10-22(18(2)14-17)27-35(33,34)21-9-11-23(24(15-21)29(31)32)26-25-16-19-5-7-20(8-6-19)28(3)12-13-30/h4-11,14-16,26-27,30H,12-13H2,1-3H3/b25-16-.